The van der Waals surface area contributed by atoms with Crippen molar-refractivity contribution in [3.63, 3.8) is 0 Å². The van der Waals surface area contributed by atoms with Crippen LogP contribution in [0.1, 0.15) is 12.0 Å². The van der Waals surface area contributed by atoms with Gasteiger partial charge in [-0.2, -0.15) is 0 Å². The topological polar surface area (TPSA) is 80.6 Å². The Morgan fingerprint density at radius 3 is 3.09 bits per heavy atom. The number of carbonyl (C=O) groups excluding carboxylic acids is 1. The van der Waals surface area contributed by atoms with Crippen LogP contribution < -0.4 is 21.0 Å². The number of aryl methyl sites for hydroxylation is 1. The number of nitrogens with one attached hydrogen (secondary N) is 2. The second-order valence-corrected chi connectivity index (χ2v) is 5.45. The highest BCUT2D eigenvalue weighted by Crippen LogP contribution is 2.22. The molecule has 0 radical (unpaired) electrons. The molecule has 1 aromatic carbocycles. The zero-order valence-electron chi connectivity index (χ0n) is 12.3. The van der Waals surface area contributed by atoms with Gasteiger partial charge < -0.3 is 19.8 Å². The lowest BCUT2D eigenvalue weighted by Crippen LogP contribution is -2.39. The van der Waals surface area contributed by atoms with Crippen molar-refractivity contribution in [3.8, 4) is 5.75 Å². The largest absolute Gasteiger partial charge is 0.484 e. The number of amides is 1. The Hall–Kier alpha value is -2.34. The van der Waals surface area contributed by atoms with Crippen molar-refractivity contribution in [2.75, 3.05) is 19.7 Å². The first-order valence-electron chi connectivity index (χ1n) is 7.29. The predicted molar refractivity (Wildman–Crippen MR) is 82.1 cm³/mol. The number of ether oxygens (including phenoxy) is 1. The van der Waals surface area contributed by atoms with Crippen LogP contribution in [0.5, 0.6) is 5.75 Å². The highest BCUT2D eigenvalue weighted by Gasteiger charge is 2.16. The fraction of sp³-hybridized carbons (Fsp3) is 0.375. The number of fused-ring (bicyclic) bond motifs is 1. The average molecular weight is 302 g/mol. The molecule has 0 spiro atoms. The van der Waals surface area contributed by atoms with E-state index in [4.69, 9.17) is 9.15 Å². The van der Waals surface area contributed by atoms with Crippen LogP contribution in [0.25, 0.3) is 11.0 Å². The van der Waals surface area contributed by atoms with Crippen LogP contribution in [0, 0.1) is 6.92 Å². The minimum atomic E-state index is -0.395. The first kappa shape index (κ1) is 14.6. The van der Waals surface area contributed by atoms with E-state index < -0.39 is 5.63 Å². The molecule has 22 heavy (non-hydrogen) atoms. The summed E-state index contributed by atoms with van der Waals surface area (Å²) in [6.45, 7) is 3.52. The molecule has 1 aromatic heterocycles. The Balaban J connectivity index is 1.66. The maximum Gasteiger partial charge on any atom is 0.336 e. The van der Waals surface area contributed by atoms with Gasteiger partial charge in [-0.3, -0.25) is 4.79 Å². The SMILES string of the molecule is Cc1cc(=O)oc2cc(OCC(=O)NC3CCNC3)ccc12. The Labute approximate surface area is 127 Å². The Kier molecular flexibility index (Phi) is 4.11. The molecule has 6 nitrogen and oxygen atoms in total. The Morgan fingerprint density at radius 2 is 2.32 bits per heavy atom. The lowest BCUT2D eigenvalue weighted by Gasteiger charge is -2.12. The van der Waals surface area contributed by atoms with Crippen molar-refractivity contribution in [1.82, 2.24) is 10.6 Å². The van der Waals surface area contributed by atoms with Gasteiger partial charge in [0.05, 0.1) is 0 Å². The Morgan fingerprint density at radius 1 is 1.45 bits per heavy atom. The molecule has 0 bridgehead atoms. The lowest BCUT2D eigenvalue weighted by molar-refractivity contribution is -0.123. The molecule has 116 valence electrons. The van der Waals surface area contributed by atoms with E-state index in [9.17, 15) is 9.59 Å². The smallest absolute Gasteiger partial charge is 0.336 e. The number of hydrogen-bond acceptors (Lipinski definition) is 5. The molecule has 3 rings (SSSR count). The summed E-state index contributed by atoms with van der Waals surface area (Å²) in [6.07, 6.45) is 0.937. The van der Waals surface area contributed by atoms with Crippen LogP contribution in [-0.4, -0.2) is 31.6 Å². The second kappa shape index (κ2) is 6.19. The lowest BCUT2D eigenvalue weighted by atomic mass is 10.1. The van der Waals surface area contributed by atoms with E-state index in [-0.39, 0.29) is 18.6 Å². The highest BCUT2D eigenvalue weighted by atomic mass is 16.5. The molecule has 2 N–H and O–H groups in total. The van der Waals surface area contributed by atoms with E-state index in [1.54, 1.807) is 12.1 Å². The van der Waals surface area contributed by atoms with Gasteiger partial charge in [-0.1, -0.05) is 0 Å². The van der Waals surface area contributed by atoms with Gasteiger partial charge in [0.2, 0.25) is 0 Å². The van der Waals surface area contributed by atoms with Gasteiger partial charge in [-0.15, -0.1) is 0 Å². The van der Waals surface area contributed by atoms with Crippen molar-refractivity contribution in [2.45, 2.75) is 19.4 Å². The molecule has 0 saturated carbocycles. The van der Waals surface area contributed by atoms with Crippen molar-refractivity contribution in [3.05, 3.63) is 40.2 Å². The summed E-state index contributed by atoms with van der Waals surface area (Å²) in [5.41, 5.74) is 0.917. The van der Waals surface area contributed by atoms with Gasteiger partial charge in [0, 0.05) is 30.1 Å². The molecule has 1 amide bonds. The van der Waals surface area contributed by atoms with Gasteiger partial charge in [-0.05, 0) is 37.6 Å². The zero-order chi connectivity index (χ0) is 15.5. The molecule has 2 aromatic rings. The second-order valence-electron chi connectivity index (χ2n) is 5.45. The molecule has 1 aliphatic heterocycles. The van der Waals surface area contributed by atoms with Gasteiger partial charge in [0.15, 0.2) is 6.61 Å². The fourth-order valence-electron chi connectivity index (χ4n) is 2.59. The maximum absolute atomic E-state index is 11.8. The van der Waals surface area contributed by atoms with Crippen LogP contribution in [-0.2, 0) is 4.79 Å². The third-order valence-electron chi connectivity index (χ3n) is 3.72. The quantitative estimate of drug-likeness (QED) is 0.822. The molecule has 1 atom stereocenters. The van der Waals surface area contributed by atoms with Gasteiger partial charge in [-0.25, -0.2) is 4.79 Å². The number of benzene rings is 1. The molecule has 1 unspecified atom stereocenters. The number of hydrogen-bond donors (Lipinski definition) is 2. The summed E-state index contributed by atoms with van der Waals surface area (Å²) in [4.78, 5) is 23.2. The molecule has 2 heterocycles. The standard InChI is InChI=1S/C16H18N2O4/c1-10-6-16(20)22-14-7-12(2-3-13(10)14)21-9-15(19)18-11-4-5-17-8-11/h2-3,6-7,11,17H,4-5,8-9H2,1H3,(H,18,19). The molecular formula is C16H18N2O4. The summed E-state index contributed by atoms with van der Waals surface area (Å²) >= 11 is 0. The van der Waals surface area contributed by atoms with E-state index >= 15 is 0 Å². The summed E-state index contributed by atoms with van der Waals surface area (Å²) < 4.78 is 10.6. The first-order chi connectivity index (χ1) is 10.6. The van der Waals surface area contributed by atoms with Crippen molar-refractivity contribution < 1.29 is 13.9 Å². The van der Waals surface area contributed by atoms with E-state index in [1.807, 2.05) is 13.0 Å². The van der Waals surface area contributed by atoms with E-state index in [2.05, 4.69) is 10.6 Å². The number of carbonyl (C=O) groups is 1. The van der Waals surface area contributed by atoms with Gasteiger partial charge in [0.1, 0.15) is 11.3 Å². The van der Waals surface area contributed by atoms with E-state index in [0.717, 1.165) is 30.5 Å². The molecule has 1 fully saturated rings. The minimum absolute atomic E-state index is 0.0575. The molecule has 1 aliphatic rings. The van der Waals surface area contributed by atoms with Crippen LogP contribution >= 0.6 is 0 Å². The predicted octanol–water partition coefficient (Wildman–Crippen LogP) is 0.958. The van der Waals surface area contributed by atoms with Crippen LogP contribution in [0.2, 0.25) is 0 Å². The van der Waals surface area contributed by atoms with Gasteiger partial charge in [0.25, 0.3) is 5.91 Å². The number of rotatable bonds is 4. The third kappa shape index (κ3) is 3.28. The molecule has 0 aliphatic carbocycles. The monoisotopic (exact) mass is 302 g/mol. The van der Waals surface area contributed by atoms with E-state index in [1.165, 1.54) is 6.07 Å². The van der Waals surface area contributed by atoms with Crippen LogP contribution in [0.3, 0.4) is 0 Å². The van der Waals surface area contributed by atoms with Crippen molar-refractivity contribution in [1.29, 1.82) is 0 Å². The fourth-order valence-corrected chi connectivity index (χ4v) is 2.59. The van der Waals surface area contributed by atoms with Gasteiger partial charge >= 0.3 is 5.63 Å². The van der Waals surface area contributed by atoms with E-state index in [0.29, 0.717) is 11.3 Å². The maximum atomic E-state index is 11.8. The molecule has 6 heteroatoms. The summed E-state index contributed by atoms with van der Waals surface area (Å²) in [5, 5.41) is 6.94. The normalized spacial score (nSPS) is 17.6. The van der Waals surface area contributed by atoms with Crippen molar-refractivity contribution >= 4 is 16.9 Å². The third-order valence-corrected chi connectivity index (χ3v) is 3.72. The van der Waals surface area contributed by atoms with Crippen LogP contribution in [0.15, 0.2) is 33.5 Å². The zero-order valence-corrected chi connectivity index (χ0v) is 12.3. The highest BCUT2D eigenvalue weighted by molar-refractivity contribution is 5.81. The molecular weight excluding hydrogens is 284 g/mol. The Bertz CT molecular complexity index is 747. The first-order valence-corrected chi connectivity index (χ1v) is 7.29. The van der Waals surface area contributed by atoms with Crippen molar-refractivity contribution in [2.24, 2.45) is 0 Å². The summed E-state index contributed by atoms with van der Waals surface area (Å²) in [7, 11) is 0. The van der Waals surface area contributed by atoms with Crippen LogP contribution in [0.4, 0.5) is 0 Å². The average Bonchev–Trinajstić information content (AvgIpc) is 2.97. The minimum Gasteiger partial charge on any atom is -0.484 e. The summed E-state index contributed by atoms with van der Waals surface area (Å²) in [5.74, 6) is 0.348. The molecule has 1 saturated heterocycles. The summed E-state index contributed by atoms with van der Waals surface area (Å²) in [6, 6.07) is 6.84.